The summed E-state index contributed by atoms with van der Waals surface area (Å²) in [5.74, 6) is 0.529. The van der Waals surface area contributed by atoms with Gasteiger partial charge in [0, 0.05) is 28.7 Å². The van der Waals surface area contributed by atoms with Crippen molar-refractivity contribution in [1.29, 1.82) is 0 Å². The van der Waals surface area contributed by atoms with Crippen molar-refractivity contribution in [3.05, 3.63) is 64.3 Å². The third kappa shape index (κ3) is 3.51. The van der Waals surface area contributed by atoms with Crippen molar-refractivity contribution in [2.45, 2.75) is 33.7 Å². The second-order valence-electron chi connectivity index (χ2n) is 7.12. The number of tetrazole rings is 1. The molecule has 4 aromatic rings. The maximum atomic E-state index is 12.6. The van der Waals surface area contributed by atoms with E-state index in [1.54, 1.807) is 0 Å². The molecule has 0 aliphatic carbocycles. The summed E-state index contributed by atoms with van der Waals surface area (Å²) in [4.78, 5) is 16.0. The fraction of sp³-hybridized carbons (Fsp3) is 0.238. The number of rotatable bonds is 5. The quantitative estimate of drug-likeness (QED) is 0.500. The summed E-state index contributed by atoms with van der Waals surface area (Å²) < 4.78 is 0. The zero-order valence-corrected chi connectivity index (χ0v) is 16.1. The number of carbonyl (C=O) groups is 1. The summed E-state index contributed by atoms with van der Waals surface area (Å²) in [6.45, 7) is 6.64. The molecule has 0 bridgehead atoms. The number of aromatic amines is 2. The summed E-state index contributed by atoms with van der Waals surface area (Å²) in [5, 5.41) is 18.1. The molecule has 0 saturated carbocycles. The number of hydrogen-bond acceptors (Lipinski definition) is 4. The van der Waals surface area contributed by atoms with Gasteiger partial charge in [0.15, 0.2) is 0 Å². The number of benzene rings is 2. The number of amides is 1. The Hall–Kier alpha value is -3.48. The van der Waals surface area contributed by atoms with Crippen LogP contribution in [-0.4, -0.2) is 31.5 Å². The SMILES string of the molecule is Cc1cc(C)c2[nH]c(C)c(CC(=O)NCc3cccc(-c4nn[nH]n4)c3)c2c1. The highest BCUT2D eigenvalue weighted by Crippen LogP contribution is 2.26. The molecule has 0 aliphatic heterocycles. The molecule has 7 nitrogen and oxygen atoms in total. The van der Waals surface area contributed by atoms with E-state index < -0.39 is 0 Å². The van der Waals surface area contributed by atoms with Gasteiger partial charge >= 0.3 is 0 Å². The van der Waals surface area contributed by atoms with Crippen LogP contribution < -0.4 is 5.32 Å². The molecular weight excluding hydrogens is 352 g/mol. The predicted octanol–water partition coefficient (Wildman–Crippen LogP) is 3.13. The Bertz CT molecular complexity index is 1140. The maximum absolute atomic E-state index is 12.6. The van der Waals surface area contributed by atoms with Crippen LogP contribution in [0.2, 0.25) is 0 Å². The lowest BCUT2D eigenvalue weighted by atomic mass is 10.0. The van der Waals surface area contributed by atoms with E-state index in [-0.39, 0.29) is 5.91 Å². The molecule has 0 fully saturated rings. The molecule has 4 rings (SSSR count). The van der Waals surface area contributed by atoms with Crippen molar-refractivity contribution >= 4 is 16.8 Å². The monoisotopic (exact) mass is 374 g/mol. The first-order chi connectivity index (χ1) is 13.5. The molecule has 0 atom stereocenters. The largest absolute Gasteiger partial charge is 0.358 e. The Morgan fingerprint density at radius 3 is 2.79 bits per heavy atom. The number of nitrogens with zero attached hydrogens (tertiary/aromatic N) is 3. The van der Waals surface area contributed by atoms with Crippen LogP contribution in [0.1, 0.15) is 27.9 Å². The van der Waals surface area contributed by atoms with Gasteiger partial charge in [-0.25, -0.2) is 0 Å². The fourth-order valence-corrected chi connectivity index (χ4v) is 3.59. The predicted molar refractivity (Wildman–Crippen MR) is 108 cm³/mol. The van der Waals surface area contributed by atoms with Gasteiger partial charge in [-0.05, 0) is 54.8 Å². The molecule has 3 N–H and O–H groups in total. The first kappa shape index (κ1) is 17.9. The molecule has 1 amide bonds. The Labute approximate surface area is 162 Å². The van der Waals surface area contributed by atoms with Crippen LogP contribution in [-0.2, 0) is 17.8 Å². The molecule has 7 heteroatoms. The number of nitrogens with one attached hydrogen (secondary N) is 3. The van der Waals surface area contributed by atoms with Crippen LogP contribution in [0, 0.1) is 20.8 Å². The summed E-state index contributed by atoms with van der Waals surface area (Å²) in [5.41, 5.74) is 7.44. The standard InChI is InChI=1S/C21H22N6O/c1-12-7-13(2)20-18(8-12)17(14(3)23-20)10-19(28)22-11-15-5-4-6-16(9-15)21-24-26-27-25-21/h4-9,23H,10-11H2,1-3H3,(H,22,28)(H,24,25,26,27). The smallest absolute Gasteiger partial charge is 0.224 e. The lowest BCUT2D eigenvalue weighted by Crippen LogP contribution is -2.24. The first-order valence-electron chi connectivity index (χ1n) is 9.19. The van der Waals surface area contributed by atoms with Crippen molar-refractivity contribution in [2.75, 3.05) is 0 Å². The van der Waals surface area contributed by atoms with E-state index >= 15 is 0 Å². The van der Waals surface area contributed by atoms with Crippen LogP contribution in [0.3, 0.4) is 0 Å². The zero-order chi connectivity index (χ0) is 19.7. The minimum atomic E-state index is -0.00637. The number of aromatic nitrogens is 5. The van der Waals surface area contributed by atoms with Gasteiger partial charge in [-0.2, -0.15) is 5.21 Å². The molecular formula is C21H22N6O. The van der Waals surface area contributed by atoms with Crippen molar-refractivity contribution in [2.24, 2.45) is 0 Å². The second kappa shape index (κ2) is 7.26. The van der Waals surface area contributed by atoms with Gasteiger partial charge in [0.2, 0.25) is 11.7 Å². The summed E-state index contributed by atoms with van der Waals surface area (Å²) in [7, 11) is 0. The van der Waals surface area contributed by atoms with E-state index in [9.17, 15) is 4.79 Å². The van der Waals surface area contributed by atoms with Crippen molar-refractivity contribution < 1.29 is 4.79 Å². The zero-order valence-electron chi connectivity index (χ0n) is 16.1. The maximum Gasteiger partial charge on any atom is 0.224 e. The van der Waals surface area contributed by atoms with Gasteiger partial charge in [0.05, 0.1) is 6.42 Å². The number of aryl methyl sites for hydroxylation is 3. The van der Waals surface area contributed by atoms with Crippen molar-refractivity contribution in [1.82, 2.24) is 30.9 Å². The Kier molecular flexibility index (Phi) is 4.65. The van der Waals surface area contributed by atoms with Gasteiger partial charge in [0.25, 0.3) is 0 Å². The number of carbonyl (C=O) groups excluding carboxylic acids is 1. The molecule has 0 unspecified atom stereocenters. The lowest BCUT2D eigenvalue weighted by molar-refractivity contribution is -0.120. The summed E-state index contributed by atoms with van der Waals surface area (Å²) in [6.07, 6.45) is 0.346. The molecule has 2 heterocycles. The average molecular weight is 374 g/mol. The molecule has 2 aromatic carbocycles. The minimum Gasteiger partial charge on any atom is -0.358 e. The third-order valence-electron chi connectivity index (χ3n) is 4.93. The highest BCUT2D eigenvalue weighted by atomic mass is 16.1. The van der Waals surface area contributed by atoms with E-state index in [4.69, 9.17) is 0 Å². The van der Waals surface area contributed by atoms with Gasteiger partial charge < -0.3 is 10.3 Å². The van der Waals surface area contributed by atoms with E-state index in [2.05, 4.69) is 56.9 Å². The minimum absolute atomic E-state index is 0.00637. The van der Waals surface area contributed by atoms with Crippen molar-refractivity contribution in [3.63, 3.8) is 0 Å². The topological polar surface area (TPSA) is 99.4 Å². The highest BCUT2D eigenvalue weighted by Gasteiger charge is 2.14. The van der Waals surface area contributed by atoms with E-state index in [0.29, 0.717) is 18.8 Å². The second-order valence-corrected chi connectivity index (χ2v) is 7.12. The normalized spacial score (nSPS) is 11.1. The van der Waals surface area contributed by atoms with Gasteiger partial charge in [-0.1, -0.05) is 29.8 Å². The molecule has 0 saturated heterocycles. The van der Waals surface area contributed by atoms with Gasteiger partial charge in [-0.3, -0.25) is 4.79 Å². The van der Waals surface area contributed by atoms with Gasteiger partial charge in [-0.15, -0.1) is 10.2 Å². The summed E-state index contributed by atoms with van der Waals surface area (Å²) in [6, 6.07) is 12.0. The Balaban J connectivity index is 1.48. The van der Waals surface area contributed by atoms with Crippen LogP contribution >= 0.6 is 0 Å². The van der Waals surface area contributed by atoms with E-state index in [1.165, 1.54) is 11.1 Å². The molecule has 2 aromatic heterocycles. The van der Waals surface area contributed by atoms with Crippen LogP contribution in [0.5, 0.6) is 0 Å². The number of H-pyrrole nitrogens is 2. The van der Waals surface area contributed by atoms with E-state index in [1.807, 2.05) is 31.2 Å². The fourth-order valence-electron chi connectivity index (χ4n) is 3.59. The molecule has 0 spiro atoms. The molecule has 0 radical (unpaired) electrons. The molecule has 0 aliphatic rings. The third-order valence-corrected chi connectivity index (χ3v) is 4.93. The lowest BCUT2D eigenvalue weighted by Gasteiger charge is -2.07. The molecule has 28 heavy (non-hydrogen) atoms. The molecule has 142 valence electrons. The van der Waals surface area contributed by atoms with Crippen LogP contribution in [0.4, 0.5) is 0 Å². The van der Waals surface area contributed by atoms with Gasteiger partial charge in [0.1, 0.15) is 0 Å². The Morgan fingerprint density at radius 1 is 1.14 bits per heavy atom. The average Bonchev–Trinajstić information content (AvgIpc) is 3.30. The first-order valence-corrected chi connectivity index (χ1v) is 9.19. The van der Waals surface area contributed by atoms with E-state index in [0.717, 1.165) is 33.3 Å². The van der Waals surface area contributed by atoms with Crippen LogP contribution in [0.15, 0.2) is 36.4 Å². The highest BCUT2D eigenvalue weighted by molar-refractivity contribution is 5.92. The van der Waals surface area contributed by atoms with Crippen molar-refractivity contribution in [3.8, 4) is 11.4 Å². The number of fused-ring (bicyclic) bond motifs is 1. The summed E-state index contributed by atoms with van der Waals surface area (Å²) >= 11 is 0. The number of hydrogen-bond donors (Lipinski definition) is 3. The van der Waals surface area contributed by atoms with Crippen LogP contribution in [0.25, 0.3) is 22.3 Å². The Morgan fingerprint density at radius 2 is 2.00 bits per heavy atom.